The van der Waals surface area contributed by atoms with Crippen LogP contribution >= 0.6 is 0 Å². The minimum Gasteiger partial charge on any atom is -0.464 e. The summed E-state index contributed by atoms with van der Waals surface area (Å²) < 4.78 is 10.6. The molecule has 0 rings (SSSR count). The van der Waals surface area contributed by atoms with Gasteiger partial charge in [-0.25, -0.2) is 0 Å². The van der Waals surface area contributed by atoms with Gasteiger partial charge < -0.3 is 14.8 Å². The van der Waals surface area contributed by atoms with Gasteiger partial charge in [-0.1, -0.05) is 125 Å². The van der Waals surface area contributed by atoms with Gasteiger partial charge in [0.15, 0.2) is 0 Å². The molecule has 45 heavy (non-hydrogen) atoms. The Morgan fingerprint density at radius 3 is 1.18 bits per heavy atom. The van der Waals surface area contributed by atoms with Crippen molar-refractivity contribution in [3.63, 3.8) is 0 Å². The maximum absolute atomic E-state index is 11.9. The quantitative estimate of drug-likeness (QED) is 0.0458. The van der Waals surface area contributed by atoms with Crippen LogP contribution in [0.3, 0.4) is 0 Å². The lowest BCUT2D eigenvalue weighted by molar-refractivity contribution is -0.143. The maximum Gasteiger partial charge on any atom is 0.305 e. The van der Waals surface area contributed by atoms with Gasteiger partial charge in [0.1, 0.15) is 13.2 Å². The lowest BCUT2D eigenvalue weighted by Gasteiger charge is -2.08. The molecule has 0 bridgehead atoms. The zero-order valence-electron chi connectivity index (χ0n) is 29.0. The van der Waals surface area contributed by atoms with Crippen LogP contribution in [0.25, 0.3) is 0 Å². The van der Waals surface area contributed by atoms with Crippen LogP contribution in [0.2, 0.25) is 0 Å². The predicted octanol–water partition coefficient (Wildman–Crippen LogP) is 10.8. The zero-order chi connectivity index (χ0) is 32.7. The largest absolute Gasteiger partial charge is 0.464 e. The van der Waals surface area contributed by atoms with Crippen molar-refractivity contribution in [3.8, 4) is 0 Å². The van der Waals surface area contributed by atoms with Gasteiger partial charge in [0, 0.05) is 25.9 Å². The summed E-state index contributed by atoms with van der Waals surface area (Å²) in [5.74, 6) is -0.250. The SMILES string of the molecule is CC/C=C\C/C=C\C/C=C\CCCCCCCC(=O)OCCNCCOC(=O)CCCCCCC/C=C\C/C=C\C/C=C\CC. The second-order valence-corrected chi connectivity index (χ2v) is 11.4. The van der Waals surface area contributed by atoms with E-state index in [-0.39, 0.29) is 11.9 Å². The molecule has 0 amide bonds. The summed E-state index contributed by atoms with van der Waals surface area (Å²) >= 11 is 0. The van der Waals surface area contributed by atoms with E-state index >= 15 is 0 Å². The molecule has 0 unspecified atom stereocenters. The monoisotopic (exact) mass is 626 g/mol. The molecule has 0 spiro atoms. The summed E-state index contributed by atoms with van der Waals surface area (Å²) in [4.78, 5) is 23.8. The van der Waals surface area contributed by atoms with Gasteiger partial charge in [-0.05, 0) is 77.0 Å². The fraction of sp³-hybridized carbons (Fsp3) is 0.650. The topological polar surface area (TPSA) is 64.6 Å². The smallest absolute Gasteiger partial charge is 0.305 e. The fourth-order valence-corrected chi connectivity index (χ4v) is 4.52. The van der Waals surface area contributed by atoms with E-state index < -0.39 is 0 Å². The fourth-order valence-electron chi connectivity index (χ4n) is 4.52. The van der Waals surface area contributed by atoms with Gasteiger partial charge in [0.05, 0.1) is 0 Å². The van der Waals surface area contributed by atoms with Gasteiger partial charge in [0.2, 0.25) is 0 Å². The summed E-state index contributed by atoms with van der Waals surface area (Å²) in [5.41, 5.74) is 0. The summed E-state index contributed by atoms with van der Waals surface area (Å²) in [6, 6.07) is 0. The first-order chi connectivity index (χ1) is 22.2. The molecular formula is C40H67NO4. The maximum atomic E-state index is 11.9. The van der Waals surface area contributed by atoms with Crippen molar-refractivity contribution in [2.45, 2.75) is 142 Å². The van der Waals surface area contributed by atoms with Crippen LogP contribution in [0, 0.1) is 0 Å². The lowest BCUT2D eigenvalue weighted by Crippen LogP contribution is -2.26. The molecular weight excluding hydrogens is 558 g/mol. The first kappa shape index (κ1) is 42.3. The molecule has 0 atom stereocenters. The van der Waals surface area contributed by atoms with Gasteiger partial charge in [-0.15, -0.1) is 0 Å². The summed E-state index contributed by atoms with van der Waals surface area (Å²) in [5, 5.41) is 3.16. The predicted molar refractivity (Wildman–Crippen MR) is 193 cm³/mol. The van der Waals surface area contributed by atoms with Crippen LogP contribution in [0.15, 0.2) is 72.9 Å². The average molecular weight is 626 g/mol. The molecule has 0 aromatic carbocycles. The van der Waals surface area contributed by atoms with Crippen molar-refractivity contribution in [3.05, 3.63) is 72.9 Å². The Labute approximate surface area is 277 Å². The van der Waals surface area contributed by atoms with Crippen LogP contribution < -0.4 is 5.32 Å². The molecule has 0 radical (unpaired) electrons. The Morgan fingerprint density at radius 2 is 0.778 bits per heavy atom. The molecule has 0 aliphatic rings. The van der Waals surface area contributed by atoms with E-state index in [1.165, 1.54) is 38.5 Å². The van der Waals surface area contributed by atoms with Crippen LogP contribution in [-0.4, -0.2) is 38.2 Å². The third-order valence-corrected chi connectivity index (χ3v) is 7.15. The highest BCUT2D eigenvalue weighted by molar-refractivity contribution is 5.69. The first-order valence-electron chi connectivity index (χ1n) is 18.1. The lowest BCUT2D eigenvalue weighted by atomic mass is 10.1. The van der Waals surface area contributed by atoms with Crippen molar-refractivity contribution < 1.29 is 19.1 Å². The Balaban J connectivity index is 3.39. The zero-order valence-corrected chi connectivity index (χ0v) is 29.0. The third kappa shape index (κ3) is 37.4. The Bertz CT molecular complexity index is 769. The summed E-state index contributed by atoms with van der Waals surface area (Å²) in [6.07, 6.45) is 47.4. The molecule has 0 fully saturated rings. The molecule has 0 aromatic heterocycles. The van der Waals surface area contributed by atoms with Crippen molar-refractivity contribution in [1.29, 1.82) is 0 Å². The van der Waals surface area contributed by atoms with E-state index in [2.05, 4.69) is 92.1 Å². The van der Waals surface area contributed by atoms with Gasteiger partial charge in [-0.3, -0.25) is 9.59 Å². The number of hydrogen-bond donors (Lipinski definition) is 1. The first-order valence-corrected chi connectivity index (χ1v) is 18.1. The van der Waals surface area contributed by atoms with Crippen LogP contribution in [0.5, 0.6) is 0 Å². The van der Waals surface area contributed by atoms with Crippen molar-refractivity contribution in [2.24, 2.45) is 0 Å². The second-order valence-electron chi connectivity index (χ2n) is 11.4. The van der Waals surface area contributed by atoms with E-state index in [9.17, 15) is 9.59 Å². The molecule has 1 N–H and O–H groups in total. The summed E-state index contributed by atoms with van der Waals surface area (Å²) in [6.45, 7) is 6.17. The molecule has 0 aliphatic carbocycles. The molecule has 0 aliphatic heterocycles. The number of unbranched alkanes of at least 4 members (excludes halogenated alkanes) is 10. The molecule has 0 aromatic rings. The highest BCUT2D eigenvalue weighted by Gasteiger charge is 2.04. The minimum absolute atomic E-state index is 0.125. The molecule has 0 saturated heterocycles. The molecule has 5 heteroatoms. The Kier molecular flexibility index (Phi) is 35.3. The highest BCUT2D eigenvalue weighted by Crippen LogP contribution is 2.10. The molecule has 0 heterocycles. The number of hydrogen-bond acceptors (Lipinski definition) is 5. The van der Waals surface area contributed by atoms with E-state index in [1.54, 1.807) is 0 Å². The Hall–Kier alpha value is -2.66. The van der Waals surface area contributed by atoms with Crippen molar-refractivity contribution >= 4 is 11.9 Å². The van der Waals surface area contributed by atoms with E-state index in [1.807, 2.05) is 0 Å². The highest BCUT2D eigenvalue weighted by atomic mass is 16.5. The van der Waals surface area contributed by atoms with Crippen LogP contribution in [0.4, 0.5) is 0 Å². The molecule has 256 valence electrons. The summed E-state index contributed by atoms with van der Waals surface area (Å²) in [7, 11) is 0. The Morgan fingerprint density at radius 1 is 0.444 bits per heavy atom. The number of ether oxygens (including phenoxy) is 2. The van der Waals surface area contributed by atoms with E-state index in [0.29, 0.717) is 39.1 Å². The number of carbonyl (C=O) groups is 2. The second kappa shape index (κ2) is 37.5. The van der Waals surface area contributed by atoms with E-state index in [0.717, 1.165) is 77.0 Å². The normalized spacial score (nSPS) is 12.3. The standard InChI is InChI=1S/C40H67NO4/c1-3-5-7-9-11-13-15-17-19-21-23-25-27-29-31-33-39(42)44-37-35-41-36-38-45-40(43)34-32-30-28-26-24-22-20-18-16-14-12-10-8-6-4-2/h5-8,11-14,17-20,41H,3-4,9-10,15-16,21-38H2,1-2H3/b7-5-,8-6-,13-11-,14-12-,19-17-,20-18-. The van der Waals surface area contributed by atoms with E-state index in [4.69, 9.17) is 9.47 Å². The molecule has 5 nitrogen and oxygen atoms in total. The van der Waals surface area contributed by atoms with Gasteiger partial charge in [-0.2, -0.15) is 0 Å². The van der Waals surface area contributed by atoms with Gasteiger partial charge >= 0.3 is 11.9 Å². The molecule has 0 saturated carbocycles. The van der Waals surface area contributed by atoms with Crippen LogP contribution in [-0.2, 0) is 19.1 Å². The van der Waals surface area contributed by atoms with Crippen molar-refractivity contribution in [2.75, 3.05) is 26.3 Å². The number of allylic oxidation sites excluding steroid dienone is 12. The average Bonchev–Trinajstić information content (AvgIpc) is 3.04. The number of nitrogens with one attached hydrogen (secondary N) is 1. The minimum atomic E-state index is -0.125. The third-order valence-electron chi connectivity index (χ3n) is 7.15. The van der Waals surface area contributed by atoms with Gasteiger partial charge in [0.25, 0.3) is 0 Å². The number of esters is 2. The number of rotatable bonds is 32. The number of carbonyl (C=O) groups excluding carboxylic acids is 2. The van der Waals surface area contributed by atoms with Crippen LogP contribution in [0.1, 0.15) is 142 Å². The van der Waals surface area contributed by atoms with Crippen molar-refractivity contribution in [1.82, 2.24) is 5.32 Å².